The van der Waals surface area contributed by atoms with Crippen LogP contribution in [-0.4, -0.2) is 31.3 Å². The van der Waals surface area contributed by atoms with Gasteiger partial charge in [0.15, 0.2) is 5.78 Å². The first-order valence-electron chi connectivity index (χ1n) is 5.97. The van der Waals surface area contributed by atoms with E-state index in [4.69, 9.17) is 0 Å². The molecule has 2 heteroatoms. The highest BCUT2D eigenvalue weighted by molar-refractivity contribution is 5.88. The third-order valence-electron chi connectivity index (χ3n) is 2.51. The maximum absolute atomic E-state index is 10.9. The summed E-state index contributed by atoms with van der Waals surface area (Å²) in [4.78, 5) is 13.1. The second-order valence-electron chi connectivity index (χ2n) is 4.35. The van der Waals surface area contributed by atoms with Crippen molar-refractivity contribution in [2.45, 2.75) is 44.9 Å². The minimum atomic E-state index is 0.183. The van der Waals surface area contributed by atoms with Crippen molar-refractivity contribution in [3.05, 3.63) is 12.7 Å². The van der Waals surface area contributed by atoms with Gasteiger partial charge in [0.25, 0.3) is 0 Å². The van der Waals surface area contributed by atoms with Gasteiger partial charge in [-0.15, -0.1) is 0 Å². The van der Waals surface area contributed by atoms with Crippen LogP contribution in [0.15, 0.2) is 12.7 Å². The molecule has 0 heterocycles. The topological polar surface area (TPSA) is 20.3 Å². The van der Waals surface area contributed by atoms with E-state index < -0.39 is 0 Å². The van der Waals surface area contributed by atoms with Gasteiger partial charge in [-0.05, 0) is 39.6 Å². The highest BCUT2D eigenvalue weighted by Gasteiger charge is 1.96. The van der Waals surface area contributed by atoms with Crippen LogP contribution >= 0.6 is 0 Å². The number of allylic oxidation sites excluding steroid dienone is 1. The van der Waals surface area contributed by atoms with E-state index in [1.807, 2.05) is 0 Å². The third kappa shape index (κ3) is 11.3. The number of carbonyl (C=O) groups excluding carboxylic acids is 1. The Morgan fingerprint density at radius 2 is 1.60 bits per heavy atom. The first kappa shape index (κ1) is 14.4. The molecule has 0 radical (unpaired) electrons. The third-order valence-corrected chi connectivity index (χ3v) is 2.51. The fourth-order valence-corrected chi connectivity index (χ4v) is 1.54. The second kappa shape index (κ2) is 9.91. The largest absolute Gasteiger partial charge is 0.309 e. The summed E-state index contributed by atoms with van der Waals surface area (Å²) in [6, 6.07) is 0. The van der Waals surface area contributed by atoms with Crippen LogP contribution in [0.2, 0.25) is 0 Å². The van der Waals surface area contributed by atoms with Crippen molar-refractivity contribution in [2.24, 2.45) is 0 Å². The average Bonchev–Trinajstić information content (AvgIpc) is 2.21. The Morgan fingerprint density at radius 1 is 1.07 bits per heavy atom. The molecule has 88 valence electrons. The number of nitrogens with zero attached hydrogens (tertiary/aromatic N) is 1. The van der Waals surface area contributed by atoms with Gasteiger partial charge in [0.2, 0.25) is 0 Å². The van der Waals surface area contributed by atoms with Crippen LogP contribution in [0.4, 0.5) is 0 Å². The zero-order valence-electron chi connectivity index (χ0n) is 10.3. The Bertz CT molecular complexity index is 175. The summed E-state index contributed by atoms with van der Waals surface area (Å²) in [6.07, 6.45) is 9.48. The first-order valence-corrected chi connectivity index (χ1v) is 5.97. The quantitative estimate of drug-likeness (QED) is 0.409. The van der Waals surface area contributed by atoms with Crippen LogP contribution in [0.3, 0.4) is 0 Å². The van der Waals surface area contributed by atoms with Crippen LogP contribution in [-0.2, 0) is 4.79 Å². The fraction of sp³-hybridized carbons (Fsp3) is 0.769. The van der Waals surface area contributed by atoms with Gasteiger partial charge in [-0.25, -0.2) is 0 Å². The highest BCUT2D eigenvalue weighted by Crippen LogP contribution is 2.07. The lowest BCUT2D eigenvalue weighted by molar-refractivity contribution is -0.114. The normalized spacial score (nSPS) is 10.6. The van der Waals surface area contributed by atoms with Crippen molar-refractivity contribution in [3.8, 4) is 0 Å². The van der Waals surface area contributed by atoms with Crippen molar-refractivity contribution in [1.82, 2.24) is 4.90 Å². The molecular formula is C13H25NO. The maximum atomic E-state index is 10.9. The molecule has 0 rings (SSSR count). The van der Waals surface area contributed by atoms with E-state index in [0.29, 0.717) is 6.42 Å². The molecule has 0 N–H and O–H groups in total. The molecular weight excluding hydrogens is 186 g/mol. The van der Waals surface area contributed by atoms with Crippen LogP contribution < -0.4 is 0 Å². The monoisotopic (exact) mass is 211 g/mol. The molecule has 0 saturated heterocycles. The van der Waals surface area contributed by atoms with E-state index in [1.165, 1.54) is 44.7 Å². The van der Waals surface area contributed by atoms with Crippen LogP contribution in [0.25, 0.3) is 0 Å². The molecule has 0 bridgehead atoms. The Balaban J connectivity index is 3.05. The van der Waals surface area contributed by atoms with E-state index in [9.17, 15) is 4.79 Å². The van der Waals surface area contributed by atoms with Crippen molar-refractivity contribution in [1.29, 1.82) is 0 Å². The summed E-state index contributed by atoms with van der Waals surface area (Å²) >= 11 is 0. The molecule has 2 nitrogen and oxygen atoms in total. The predicted molar refractivity (Wildman–Crippen MR) is 66.1 cm³/mol. The predicted octanol–water partition coefficient (Wildman–Crippen LogP) is 3.03. The van der Waals surface area contributed by atoms with Crippen LogP contribution in [0, 0.1) is 0 Å². The van der Waals surface area contributed by atoms with Gasteiger partial charge >= 0.3 is 0 Å². The van der Waals surface area contributed by atoms with E-state index in [-0.39, 0.29) is 5.78 Å². The molecule has 0 aromatic heterocycles. The zero-order chi connectivity index (χ0) is 11.5. The summed E-state index contributed by atoms with van der Waals surface area (Å²) in [7, 11) is 4.22. The van der Waals surface area contributed by atoms with E-state index in [0.717, 1.165) is 6.42 Å². The summed E-state index contributed by atoms with van der Waals surface area (Å²) in [5.74, 6) is 0.183. The Morgan fingerprint density at radius 3 is 2.13 bits per heavy atom. The van der Waals surface area contributed by atoms with Crippen molar-refractivity contribution in [3.63, 3.8) is 0 Å². The lowest BCUT2D eigenvalue weighted by Crippen LogP contribution is -2.12. The van der Waals surface area contributed by atoms with Gasteiger partial charge < -0.3 is 4.90 Å². The number of hydrogen-bond donors (Lipinski definition) is 0. The first-order chi connectivity index (χ1) is 7.16. The summed E-state index contributed by atoms with van der Waals surface area (Å²) < 4.78 is 0. The van der Waals surface area contributed by atoms with Crippen molar-refractivity contribution >= 4 is 5.78 Å². The summed E-state index contributed by atoms with van der Waals surface area (Å²) in [5, 5.41) is 0. The molecule has 0 aliphatic rings. The Hall–Kier alpha value is -0.630. The van der Waals surface area contributed by atoms with E-state index >= 15 is 0 Å². The molecule has 15 heavy (non-hydrogen) atoms. The van der Waals surface area contributed by atoms with Gasteiger partial charge in [0.05, 0.1) is 0 Å². The number of ketones is 1. The van der Waals surface area contributed by atoms with Gasteiger partial charge in [-0.3, -0.25) is 4.79 Å². The van der Waals surface area contributed by atoms with Gasteiger partial charge in [-0.1, -0.05) is 32.3 Å². The summed E-state index contributed by atoms with van der Waals surface area (Å²) in [6.45, 7) is 4.65. The molecule has 0 fully saturated rings. The molecule has 0 aromatic rings. The minimum Gasteiger partial charge on any atom is -0.309 e. The van der Waals surface area contributed by atoms with E-state index in [2.05, 4.69) is 25.6 Å². The number of hydrogen-bond acceptors (Lipinski definition) is 2. The summed E-state index contributed by atoms with van der Waals surface area (Å²) in [5.41, 5.74) is 0. The number of rotatable bonds is 10. The molecule has 0 unspecified atom stereocenters. The number of unbranched alkanes of at least 4 members (excludes halogenated alkanes) is 5. The molecule has 0 spiro atoms. The van der Waals surface area contributed by atoms with Crippen molar-refractivity contribution in [2.75, 3.05) is 20.6 Å². The minimum absolute atomic E-state index is 0.183. The molecule has 0 amide bonds. The molecule has 0 saturated carbocycles. The molecule has 0 atom stereocenters. The Labute approximate surface area is 94.4 Å². The average molecular weight is 211 g/mol. The lowest BCUT2D eigenvalue weighted by Gasteiger charge is -2.08. The highest BCUT2D eigenvalue weighted by atomic mass is 16.1. The smallest absolute Gasteiger partial charge is 0.155 e. The standard InChI is InChI=1S/C13H25NO/c1-4-13(15)11-9-7-5-6-8-10-12-14(2)3/h4H,1,5-12H2,2-3H3. The molecule has 0 aliphatic heterocycles. The van der Waals surface area contributed by atoms with Crippen LogP contribution in [0.1, 0.15) is 44.9 Å². The maximum Gasteiger partial charge on any atom is 0.155 e. The zero-order valence-corrected chi connectivity index (χ0v) is 10.3. The van der Waals surface area contributed by atoms with Crippen LogP contribution in [0.5, 0.6) is 0 Å². The molecule has 0 aliphatic carbocycles. The second-order valence-corrected chi connectivity index (χ2v) is 4.35. The van der Waals surface area contributed by atoms with Gasteiger partial charge in [0.1, 0.15) is 0 Å². The fourth-order valence-electron chi connectivity index (χ4n) is 1.54. The van der Waals surface area contributed by atoms with Gasteiger partial charge in [-0.2, -0.15) is 0 Å². The van der Waals surface area contributed by atoms with Gasteiger partial charge in [0, 0.05) is 6.42 Å². The van der Waals surface area contributed by atoms with Crippen molar-refractivity contribution < 1.29 is 4.79 Å². The lowest BCUT2D eigenvalue weighted by atomic mass is 10.1. The number of carbonyl (C=O) groups is 1. The Kier molecular flexibility index (Phi) is 9.49. The SMILES string of the molecule is C=CC(=O)CCCCCCCCN(C)C. The molecule has 0 aromatic carbocycles. The van der Waals surface area contributed by atoms with E-state index in [1.54, 1.807) is 0 Å².